The number of halogens is 1. The van der Waals surface area contributed by atoms with Crippen molar-refractivity contribution in [3.05, 3.63) is 35.7 Å². The summed E-state index contributed by atoms with van der Waals surface area (Å²) in [5, 5.41) is 18.7. The zero-order chi connectivity index (χ0) is 14.0. The standard InChI is InChI=1S/C13H10FNO4/c1-19-10-4-3-8-7(2-5-11(16)17)6-9(14)13(18)12(8)15-10/h2-6,18H,1H3,(H,16,17)/b5-2+. The SMILES string of the molecule is COc1ccc2c(/C=C/C(=O)O)cc(F)c(O)c2n1. The normalized spacial score (nSPS) is 11.1. The van der Waals surface area contributed by atoms with Crippen molar-refractivity contribution >= 4 is 22.9 Å². The highest BCUT2D eigenvalue weighted by molar-refractivity contribution is 5.95. The minimum atomic E-state index is -1.15. The van der Waals surface area contributed by atoms with Gasteiger partial charge in [-0.3, -0.25) is 0 Å². The number of aromatic hydroxyl groups is 1. The smallest absolute Gasteiger partial charge is 0.328 e. The van der Waals surface area contributed by atoms with E-state index in [1.807, 2.05) is 0 Å². The molecule has 6 heteroatoms. The predicted octanol–water partition coefficient (Wildman–Crippen LogP) is 2.19. The van der Waals surface area contributed by atoms with Crippen LogP contribution in [0.2, 0.25) is 0 Å². The summed E-state index contributed by atoms with van der Waals surface area (Å²) in [6.07, 6.45) is 2.12. The second-order valence-electron chi connectivity index (χ2n) is 3.72. The van der Waals surface area contributed by atoms with Crippen molar-refractivity contribution in [3.8, 4) is 11.6 Å². The van der Waals surface area contributed by atoms with Crippen LogP contribution in [0.5, 0.6) is 11.6 Å². The Morgan fingerprint density at radius 3 is 2.84 bits per heavy atom. The molecule has 1 aromatic carbocycles. The molecule has 0 saturated heterocycles. The van der Waals surface area contributed by atoms with Gasteiger partial charge in [0.2, 0.25) is 5.88 Å². The quantitative estimate of drug-likeness (QED) is 0.830. The Hall–Kier alpha value is -2.63. The largest absolute Gasteiger partial charge is 0.503 e. The lowest BCUT2D eigenvalue weighted by Crippen LogP contribution is -1.92. The first kappa shape index (κ1) is 12.8. The number of hydrogen-bond acceptors (Lipinski definition) is 4. The van der Waals surface area contributed by atoms with Gasteiger partial charge in [-0.2, -0.15) is 0 Å². The van der Waals surface area contributed by atoms with Crippen molar-refractivity contribution in [1.82, 2.24) is 4.98 Å². The van der Waals surface area contributed by atoms with Crippen LogP contribution in [0.1, 0.15) is 5.56 Å². The van der Waals surface area contributed by atoms with Crippen LogP contribution in [0.15, 0.2) is 24.3 Å². The molecule has 0 aliphatic carbocycles. The maximum atomic E-state index is 13.6. The Morgan fingerprint density at radius 2 is 2.21 bits per heavy atom. The molecule has 0 atom stereocenters. The van der Waals surface area contributed by atoms with Gasteiger partial charge in [0, 0.05) is 17.5 Å². The number of carbonyl (C=O) groups is 1. The Kier molecular flexibility index (Phi) is 3.33. The molecule has 2 rings (SSSR count). The third-order valence-electron chi connectivity index (χ3n) is 2.53. The van der Waals surface area contributed by atoms with E-state index in [0.29, 0.717) is 10.9 Å². The van der Waals surface area contributed by atoms with Crippen LogP contribution in [0.25, 0.3) is 17.0 Å². The fraction of sp³-hybridized carbons (Fsp3) is 0.0769. The summed E-state index contributed by atoms with van der Waals surface area (Å²) in [7, 11) is 1.40. The van der Waals surface area contributed by atoms with Crippen LogP contribution in [0.4, 0.5) is 4.39 Å². The van der Waals surface area contributed by atoms with E-state index in [2.05, 4.69) is 4.98 Å². The summed E-state index contributed by atoms with van der Waals surface area (Å²) in [6.45, 7) is 0. The molecule has 0 spiro atoms. The molecule has 1 aromatic heterocycles. The Balaban J connectivity index is 2.72. The lowest BCUT2D eigenvalue weighted by molar-refractivity contribution is -0.131. The number of carboxylic acids is 1. The van der Waals surface area contributed by atoms with Gasteiger partial charge in [0.15, 0.2) is 11.6 Å². The number of nitrogens with zero attached hydrogens (tertiary/aromatic N) is 1. The number of methoxy groups -OCH3 is 1. The summed E-state index contributed by atoms with van der Waals surface area (Å²) < 4.78 is 18.5. The third kappa shape index (κ3) is 2.47. The molecule has 19 heavy (non-hydrogen) atoms. The van der Waals surface area contributed by atoms with Gasteiger partial charge in [0.05, 0.1) is 7.11 Å². The molecule has 5 nitrogen and oxygen atoms in total. The van der Waals surface area contributed by atoms with E-state index in [1.165, 1.54) is 19.3 Å². The second-order valence-corrected chi connectivity index (χ2v) is 3.72. The molecule has 1 heterocycles. The molecule has 2 aromatic rings. The number of phenols is 1. The third-order valence-corrected chi connectivity index (χ3v) is 2.53. The highest BCUT2D eigenvalue weighted by atomic mass is 19.1. The first-order chi connectivity index (χ1) is 9.02. The average molecular weight is 263 g/mol. The highest BCUT2D eigenvalue weighted by Gasteiger charge is 2.12. The summed E-state index contributed by atoms with van der Waals surface area (Å²) in [5.74, 6) is -2.40. The molecule has 0 bridgehead atoms. The number of aliphatic carboxylic acids is 1. The number of phenolic OH excluding ortho intramolecular Hbond substituents is 1. The fourth-order valence-electron chi connectivity index (χ4n) is 1.66. The van der Waals surface area contributed by atoms with Gasteiger partial charge in [0.25, 0.3) is 0 Å². The van der Waals surface area contributed by atoms with Gasteiger partial charge in [-0.1, -0.05) is 0 Å². The fourth-order valence-corrected chi connectivity index (χ4v) is 1.66. The number of benzene rings is 1. The molecule has 0 saturated carbocycles. The van der Waals surface area contributed by atoms with E-state index in [1.54, 1.807) is 6.07 Å². The molecule has 0 radical (unpaired) electrons. The van der Waals surface area contributed by atoms with E-state index in [-0.39, 0.29) is 11.4 Å². The van der Waals surface area contributed by atoms with E-state index in [4.69, 9.17) is 9.84 Å². The van der Waals surface area contributed by atoms with Crippen molar-refractivity contribution < 1.29 is 24.1 Å². The van der Waals surface area contributed by atoms with Gasteiger partial charge >= 0.3 is 5.97 Å². The summed E-state index contributed by atoms with van der Waals surface area (Å²) in [5.41, 5.74) is 0.326. The first-order valence-corrected chi connectivity index (χ1v) is 5.30. The minimum Gasteiger partial charge on any atom is -0.503 e. The lowest BCUT2D eigenvalue weighted by atomic mass is 10.1. The van der Waals surface area contributed by atoms with E-state index >= 15 is 0 Å². The number of rotatable bonds is 3. The molecule has 2 N–H and O–H groups in total. The average Bonchev–Trinajstić information content (AvgIpc) is 2.40. The van der Waals surface area contributed by atoms with Crippen LogP contribution in [0.3, 0.4) is 0 Å². The van der Waals surface area contributed by atoms with Crippen molar-refractivity contribution in [2.45, 2.75) is 0 Å². The molecule has 0 aliphatic heterocycles. The first-order valence-electron chi connectivity index (χ1n) is 5.30. The molecule has 0 unspecified atom stereocenters. The maximum absolute atomic E-state index is 13.6. The van der Waals surface area contributed by atoms with Crippen LogP contribution < -0.4 is 4.74 Å². The van der Waals surface area contributed by atoms with E-state index in [0.717, 1.165) is 12.1 Å². The van der Waals surface area contributed by atoms with Gasteiger partial charge in [-0.05, 0) is 23.8 Å². The highest BCUT2D eigenvalue weighted by Crippen LogP contribution is 2.31. The van der Waals surface area contributed by atoms with E-state index in [9.17, 15) is 14.3 Å². The van der Waals surface area contributed by atoms with E-state index < -0.39 is 17.5 Å². The molecular weight excluding hydrogens is 253 g/mol. The molecule has 98 valence electrons. The van der Waals surface area contributed by atoms with Gasteiger partial charge in [-0.25, -0.2) is 14.2 Å². The second kappa shape index (κ2) is 4.93. The molecule has 0 fully saturated rings. The zero-order valence-electron chi connectivity index (χ0n) is 9.92. The number of pyridine rings is 1. The molecular formula is C13H10FNO4. The molecule has 0 aliphatic rings. The summed E-state index contributed by atoms with van der Waals surface area (Å²) >= 11 is 0. The number of hydrogen-bond donors (Lipinski definition) is 2. The predicted molar refractivity (Wildman–Crippen MR) is 66.6 cm³/mol. The summed E-state index contributed by atoms with van der Waals surface area (Å²) in [4.78, 5) is 14.4. The zero-order valence-corrected chi connectivity index (χ0v) is 9.92. The maximum Gasteiger partial charge on any atom is 0.328 e. The monoisotopic (exact) mass is 263 g/mol. The number of carboxylic acid groups (broad SMARTS) is 1. The number of ether oxygens (including phenoxy) is 1. The van der Waals surface area contributed by atoms with Crippen molar-refractivity contribution in [2.75, 3.05) is 7.11 Å². The van der Waals surface area contributed by atoms with Gasteiger partial charge in [0.1, 0.15) is 5.52 Å². The van der Waals surface area contributed by atoms with Gasteiger partial charge < -0.3 is 14.9 Å². The summed E-state index contributed by atoms with van der Waals surface area (Å²) in [6, 6.07) is 4.16. The lowest BCUT2D eigenvalue weighted by Gasteiger charge is -2.07. The minimum absolute atomic E-state index is 0.0180. The van der Waals surface area contributed by atoms with Gasteiger partial charge in [-0.15, -0.1) is 0 Å². The Labute approximate surface area is 107 Å². The van der Waals surface area contributed by atoms with Crippen molar-refractivity contribution in [3.63, 3.8) is 0 Å². The molecule has 0 amide bonds. The van der Waals surface area contributed by atoms with Crippen LogP contribution >= 0.6 is 0 Å². The number of fused-ring (bicyclic) bond motifs is 1. The van der Waals surface area contributed by atoms with Crippen LogP contribution in [0, 0.1) is 5.82 Å². The van der Waals surface area contributed by atoms with Crippen LogP contribution in [-0.4, -0.2) is 28.3 Å². The topological polar surface area (TPSA) is 79.7 Å². The van der Waals surface area contributed by atoms with Crippen molar-refractivity contribution in [2.24, 2.45) is 0 Å². The number of aromatic nitrogens is 1. The van der Waals surface area contributed by atoms with Crippen molar-refractivity contribution in [1.29, 1.82) is 0 Å². The Morgan fingerprint density at radius 1 is 1.47 bits per heavy atom. The Bertz CT molecular complexity index is 682. The van der Waals surface area contributed by atoms with Crippen LogP contribution in [-0.2, 0) is 4.79 Å².